The molecule has 1 unspecified atom stereocenters. The van der Waals surface area contributed by atoms with Crippen molar-refractivity contribution >= 4 is 17.5 Å². The molecular weight excluding hydrogens is 262 g/mol. The molecule has 4 heteroatoms. The summed E-state index contributed by atoms with van der Waals surface area (Å²) < 4.78 is 5.78. The Hall–Kier alpha value is -1.22. The third kappa shape index (κ3) is 2.44. The van der Waals surface area contributed by atoms with Crippen LogP contribution in [-0.2, 0) is 11.2 Å². The van der Waals surface area contributed by atoms with E-state index < -0.39 is 0 Å². The van der Waals surface area contributed by atoms with Gasteiger partial charge in [-0.1, -0.05) is 18.2 Å². The van der Waals surface area contributed by atoms with Crippen LogP contribution in [0, 0.1) is 0 Å². The highest BCUT2D eigenvalue weighted by Gasteiger charge is 2.36. The third-order valence-corrected chi connectivity index (χ3v) is 4.22. The van der Waals surface area contributed by atoms with Gasteiger partial charge in [0.05, 0.1) is 0 Å². The largest absolute Gasteiger partial charge is 0.480 e. The molecule has 1 aliphatic carbocycles. The second-order valence-electron chi connectivity index (χ2n) is 5.22. The van der Waals surface area contributed by atoms with Crippen LogP contribution in [-0.4, -0.2) is 35.4 Å². The van der Waals surface area contributed by atoms with Crippen molar-refractivity contribution in [1.82, 2.24) is 4.90 Å². The number of alkyl halides is 1. The van der Waals surface area contributed by atoms with E-state index in [0.717, 1.165) is 24.2 Å². The van der Waals surface area contributed by atoms with E-state index in [9.17, 15) is 4.79 Å². The monoisotopic (exact) mass is 279 g/mol. The Morgan fingerprint density at radius 1 is 1.37 bits per heavy atom. The molecule has 1 atom stereocenters. The summed E-state index contributed by atoms with van der Waals surface area (Å²) in [6, 6.07) is 8.25. The average Bonchev–Trinajstić information content (AvgIpc) is 2.79. The molecule has 0 radical (unpaired) electrons. The molecule has 19 heavy (non-hydrogen) atoms. The summed E-state index contributed by atoms with van der Waals surface area (Å²) in [5.41, 5.74) is 1.13. The van der Waals surface area contributed by atoms with Gasteiger partial charge in [0.1, 0.15) is 5.75 Å². The molecule has 0 bridgehead atoms. The van der Waals surface area contributed by atoms with Gasteiger partial charge in [-0.05, 0) is 30.9 Å². The van der Waals surface area contributed by atoms with E-state index in [1.165, 1.54) is 6.42 Å². The SMILES string of the molecule is O=C(C1Cc2ccccc2O1)N(CCCl)C1CCC1. The first kappa shape index (κ1) is 12.8. The molecule has 3 nitrogen and oxygen atoms in total. The van der Waals surface area contributed by atoms with E-state index >= 15 is 0 Å². The zero-order valence-electron chi connectivity index (χ0n) is 10.8. The summed E-state index contributed by atoms with van der Waals surface area (Å²) in [6.07, 6.45) is 3.73. The third-order valence-electron chi connectivity index (χ3n) is 4.05. The molecule has 0 aromatic heterocycles. The van der Waals surface area contributed by atoms with Crippen molar-refractivity contribution in [3.8, 4) is 5.75 Å². The normalized spacial score (nSPS) is 21.4. The number of benzene rings is 1. The number of halogens is 1. The van der Waals surface area contributed by atoms with Gasteiger partial charge in [-0.3, -0.25) is 4.79 Å². The molecule has 0 spiro atoms. The Kier molecular flexibility index (Phi) is 3.65. The van der Waals surface area contributed by atoms with E-state index in [1.807, 2.05) is 29.2 Å². The molecule has 1 saturated carbocycles. The first-order chi connectivity index (χ1) is 9.29. The summed E-state index contributed by atoms with van der Waals surface area (Å²) in [5.74, 6) is 1.43. The van der Waals surface area contributed by atoms with E-state index in [-0.39, 0.29) is 12.0 Å². The van der Waals surface area contributed by atoms with Gasteiger partial charge >= 0.3 is 0 Å². The summed E-state index contributed by atoms with van der Waals surface area (Å²) >= 11 is 5.83. The Morgan fingerprint density at radius 2 is 2.16 bits per heavy atom. The molecule has 1 aromatic rings. The fourth-order valence-electron chi connectivity index (χ4n) is 2.77. The molecule has 1 heterocycles. The van der Waals surface area contributed by atoms with E-state index in [0.29, 0.717) is 24.9 Å². The average molecular weight is 280 g/mol. The number of para-hydroxylation sites is 1. The van der Waals surface area contributed by atoms with Crippen LogP contribution in [0.15, 0.2) is 24.3 Å². The van der Waals surface area contributed by atoms with Crippen LogP contribution in [0.4, 0.5) is 0 Å². The summed E-state index contributed by atoms with van der Waals surface area (Å²) in [6.45, 7) is 0.626. The second-order valence-corrected chi connectivity index (χ2v) is 5.60. The van der Waals surface area contributed by atoms with Gasteiger partial charge in [-0.25, -0.2) is 0 Å². The summed E-state index contributed by atoms with van der Waals surface area (Å²) in [4.78, 5) is 14.5. The molecule has 1 fully saturated rings. The molecule has 0 saturated heterocycles. The molecule has 1 amide bonds. The standard InChI is InChI=1S/C15H18ClNO2/c16-8-9-17(12-5-3-6-12)15(18)14-10-11-4-1-2-7-13(11)19-14/h1-2,4,7,12,14H,3,5-6,8-10H2. The minimum Gasteiger partial charge on any atom is -0.480 e. The van der Waals surface area contributed by atoms with Gasteiger partial charge in [0.25, 0.3) is 5.91 Å². The predicted octanol–water partition coefficient (Wildman–Crippen LogP) is 2.61. The lowest BCUT2D eigenvalue weighted by atomic mass is 9.91. The van der Waals surface area contributed by atoms with Crippen molar-refractivity contribution in [2.24, 2.45) is 0 Å². The smallest absolute Gasteiger partial charge is 0.264 e. The number of hydrogen-bond acceptors (Lipinski definition) is 2. The van der Waals surface area contributed by atoms with E-state index in [2.05, 4.69) is 0 Å². The molecule has 2 aliphatic rings. The highest BCUT2D eigenvalue weighted by Crippen LogP contribution is 2.31. The number of amides is 1. The number of nitrogens with zero attached hydrogens (tertiary/aromatic N) is 1. The Morgan fingerprint density at radius 3 is 2.79 bits per heavy atom. The van der Waals surface area contributed by atoms with Crippen molar-refractivity contribution in [3.63, 3.8) is 0 Å². The Bertz CT molecular complexity index is 448. The van der Waals surface area contributed by atoms with Gasteiger partial charge in [0.2, 0.25) is 0 Å². The van der Waals surface area contributed by atoms with Crippen molar-refractivity contribution in [3.05, 3.63) is 29.8 Å². The zero-order chi connectivity index (χ0) is 13.2. The highest BCUT2D eigenvalue weighted by molar-refractivity contribution is 6.18. The first-order valence-electron chi connectivity index (χ1n) is 6.90. The maximum Gasteiger partial charge on any atom is 0.264 e. The van der Waals surface area contributed by atoms with Gasteiger partial charge in [-0.2, -0.15) is 0 Å². The van der Waals surface area contributed by atoms with Crippen LogP contribution in [0.1, 0.15) is 24.8 Å². The summed E-state index contributed by atoms with van der Waals surface area (Å²) in [5, 5.41) is 0. The molecule has 1 aromatic carbocycles. The van der Waals surface area contributed by atoms with Crippen LogP contribution in [0.5, 0.6) is 5.75 Å². The van der Waals surface area contributed by atoms with E-state index in [1.54, 1.807) is 0 Å². The van der Waals surface area contributed by atoms with Crippen LogP contribution < -0.4 is 4.74 Å². The van der Waals surface area contributed by atoms with Crippen LogP contribution in [0.25, 0.3) is 0 Å². The maximum atomic E-state index is 12.6. The quantitative estimate of drug-likeness (QED) is 0.793. The first-order valence-corrected chi connectivity index (χ1v) is 7.44. The van der Waals surface area contributed by atoms with Crippen molar-refractivity contribution in [2.75, 3.05) is 12.4 Å². The lowest BCUT2D eigenvalue weighted by Crippen LogP contribution is -2.50. The molecule has 3 rings (SSSR count). The minimum absolute atomic E-state index is 0.0987. The van der Waals surface area contributed by atoms with Crippen LogP contribution in [0.2, 0.25) is 0 Å². The minimum atomic E-state index is -0.360. The molecule has 1 aliphatic heterocycles. The van der Waals surface area contributed by atoms with Crippen molar-refractivity contribution in [2.45, 2.75) is 37.8 Å². The number of fused-ring (bicyclic) bond motifs is 1. The van der Waals surface area contributed by atoms with Crippen molar-refractivity contribution in [1.29, 1.82) is 0 Å². The van der Waals surface area contributed by atoms with Gasteiger partial charge in [0, 0.05) is 24.9 Å². The second kappa shape index (κ2) is 5.41. The number of carbonyl (C=O) groups excluding carboxylic acids is 1. The summed E-state index contributed by atoms with van der Waals surface area (Å²) in [7, 11) is 0. The number of hydrogen-bond donors (Lipinski definition) is 0. The zero-order valence-corrected chi connectivity index (χ0v) is 11.6. The van der Waals surface area contributed by atoms with Crippen LogP contribution in [0.3, 0.4) is 0 Å². The highest BCUT2D eigenvalue weighted by atomic mass is 35.5. The number of ether oxygens (including phenoxy) is 1. The maximum absolute atomic E-state index is 12.6. The Balaban J connectivity index is 1.70. The van der Waals surface area contributed by atoms with Gasteiger partial charge in [-0.15, -0.1) is 11.6 Å². The van der Waals surface area contributed by atoms with E-state index in [4.69, 9.17) is 16.3 Å². The van der Waals surface area contributed by atoms with Crippen molar-refractivity contribution < 1.29 is 9.53 Å². The molecule has 102 valence electrons. The lowest BCUT2D eigenvalue weighted by molar-refractivity contribution is -0.141. The predicted molar refractivity (Wildman–Crippen MR) is 74.6 cm³/mol. The Labute approximate surface area is 118 Å². The van der Waals surface area contributed by atoms with Gasteiger partial charge in [0.15, 0.2) is 6.10 Å². The number of rotatable bonds is 4. The van der Waals surface area contributed by atoms with Gasteiger partial charge < -0.3 is 9.64 Å². The lowest BCUT2D eigenvalue weighted by Gasteiger charge is -2.38. The fraction of sp³-hybridized carbons (Fsp3) is 0.533. The topological polar surface area (TPSA) is 29.5 Å². The molecular formula is C15H18ClNO2. The molecule has 0 N–H and O–H groups in total. The fourth-order valence-corrected chi connectivity index (χ4v) is 2.95. The number of carbonyl (C=O) groups is 1. The van der Waals surface area contributed by atoms with Crippen LogP contribution >= 0.6 is 11.6 Å².